The summed E-state index contributed by atoms with van der Waals surface area (Å²) in [5, 5.41) is 20.3. The molecule has 0 aromatic carbocycles. The van der Waals surface area contributed by atoms with Gasteiger partial charge >= 0.3 is 48.9 Å². The number of aliphatic carboxylic acids is 2. The second-order valence-electron chi connectivity index (χ2n) is 11.5. The van der Waals surface area contributed by atoms with Gasteiger partial charge < -0.3 is 19.8 Å². The van der Waals surface area contributed by atoms with Crippen molar-refractivity contribution in [1.82, 2.24) is 0 Å². The van der Waals surface area contributed by atoms with Crippen LogP contribution in [0.1, 0.15) is 194 Å². The fraction of sp³-hybridized carbons (Fsp3) is 0.833. The molecule has 0 atom stereocenters. The number of allylic oxidation sites excluding steroid dienone is 2. The Kier molecular flexibility index (Phi) is 46.7. The summed E-state index contributed by atoms with van der Waals surface area (Å²) in [6, 6.07) is 0. The molecule has 41 heavy (non-hydrogen) atoms. The van der Waals surface area contributed by atoms with E-state index < -0.39 is 11.9 Å². The van der Waals surface area contributed by atoms with Gasteiger partial charge in [-0.2, -0.15) is 0 Å². The van der Waals surface area contributed by atoms with Crippen molar-refractivity contribution in [2.45, 2.75) is 194 Å². The molecule has 0 saturated carbocycles. The zero-order chi connectivity index (χ0) is 29.8. The van der Waals surface area contributed by atoms with E-state index in [9.17, 15) is 19.8 Å². The maximum absolute atomic E-state index is 10.1. The van der Waals surface area contributed by atoms with Crippen LogP contribution in [0.2, 0.25) is 0 Å². The minimum Gasteiger partial charge on any atom is -0.545 e. The number of unbranched alkanes of at least 4 members (excludes halogenated alkanes) is 26. The Bertz CT molecular complexity index is 524. The van der Waals surface area contributed by atoms with E-state index in [-0.39, 0.29) is 48.9 Å². The van der Waals surface area contributed by atoms with Gasteiger partial charge in [0.15, 0.2) is 0 Å². The number of rotatable bonds is 30. The average molecular weight is 700 g/mol. The summed E-state index contributed by atoms with van der Waals surface area (Å²) >= 11 is 0. The van der Waals surface area contributed by atoms with Gasteiger partial charge in [0.25, 0.3) is 0 Å². The van der Waals surface area contributed by atoms with Gasteiger partial charge in [0, 0.05) is 0 Å². The standard InChI is InChI=1S/2C18H34O2.Ba/c2*1-2-3-4-5-6-7-8-9-10-11-12-13-14-15-16-17-18(19)20;/h2*16-17H,2-15H2,1H3,(H,19,20);/q;;+2/p-2. The fourth-order valence-electron chi connectivity index (χ4n) is 4.92. The number of carboxylic acids is 2. The third kappa shape index (κ3) is 50.0. The fourth-order valence-corrected chi connectivity index (χ4v) is 4.92. The topological polar surface area (TPSA) is 80.3 Å². The van der Waals surface area contributed by atoms with Gasteiger partial charge in [0.2, 0.25) is 0 Å². The van der Waals surface area contributed by atoms with Crippen molar-refractivity contribution in [2.75, 3.05) is 0 Å². The van der Waals surface area contributed by atoms with Crippen LogP contribution in [0.5, 0.6) is 0 Å². The Morgan fingerprint density at radius 2 is 0.585 bits per heavy atom. The molecule has 236 valence electrons. The number of carbonyl (C=O) groups excluding carboxylic acids is 2. The van der Waals surface area contributed by atoms with Crippen LogP contribution < -0.4 is 10.2 Å². The van der Waals surface area contributed by atoms with E-state index in [0.29, 0.717) is 0 Å². The molecule has 0 amide bonds. The Morgan fingerprint density at radius 3 is 0.780 bits per heavy atom. The summed E-state index contributed by atoms with van der Waals surface area (Å²) in [4.78, 5) is 20.3. The van der Waals surface area contributed by atoms with Crippen LogP contribution in [0.3, 0.4) is 0 Å². The van der Waals surface area contributed by atoms with Crippen LogP contribution >= 0.6 is 0 Å². The van der Waals surface area contributed by atoms with E-state index in [2.05, 4.69) is 13.8 Å². The number of carboxylic acid groups (broad SMARTS) is 2. The van der Waals surface area contributed by atoms with Gasteiger partial charge in [0.05, 0.1) is 11.9 Å². The van der Waals surface area contributed by atoms with Crippen LogP contribution in [0.4, 0.5) is 0 Å². The van der Waals surface area contributed by atoms with Crippen molar-refractivity contribution in [3.05, 3.63) is 24.3 Å². The van der Waals surface area contributed by atoms with E-state index in [4.69, 9.17) is 0 Å². The van der Waals surface area contributed by atoms with Crippen molar-refractivity contribution < 1.29 is 19.8 Å². The molecule has 0 aromatic heterocycles. The van der Waals surface area contributed by atoms with E-state index in [0.717, 1.165) is 37.8 Å². The van der Waals surface area contributed by atoms with Crippen molar-refractivity contribution in [3.8, 4) is 0 Å². The summed E-state index contributed by atoms with van der Waals surface area (Å²) in [5.74, 6) is -2.17. The molecule has 0 aliphatic rings. The van der Waals surface area contributed by atoms with Crippen molar-refractivity contribution in [1.29, 1.82) is 0 Å². The molecule has 0 aliphatic carbocycles. The first-order chi connectivity index (χ1) is 19.5. The summed E-state index contributed by atoms with van der Waals surface area (Å²) in [6.07, 6.45) is 42.4. The zero-order valence-corrected chi connectivity index (χ0v) is 31.9. The summed E-state index contributed by atoms with van der Waals surface area (Å²) in [5.41, 5.74) is 0. The van der Waals surface area contributed by atoms with Gasteiger partial charge in [-0.1, -0.05) is 180 Å². The van der Waals surface area contributed by atoms with Crippen molar-refractivity contribution in [3.63, 3.8) is 0 Å². The predicted molar refractivity (Wildman–Crippen MR) is 175 cm³/mol. The Labute approximate surface area is 296 Å². The molecule has 0 rings (SSSR count). The van der Waals surface area contributed by atoms with Crippen molar-refractivity contribution in [2.24, 2.45) is 0 Å². The van der Waals surface area contributed by atoms with E-state index >= 15 is 0 Å². The Morgan fingerprint density at radius 1 is 0.390 bits per heavy atom. The van der Waals surface area contributed by atoms with E-state index in [1.807, 2.05) is 0 Å². The molecule has 0 N–H and O–H groups in total. The molecule has 0 saturated heterocycles. The molecule has 0 spiro atoms. The first-order valence-corrected chi connectivity index (χ1v) is 17.3. The third-order valence-electron chi connectivity index (χ3n) is 7.46. The van der Waals surface area contributed by atoms with Crippen LogP contribution in [0.25, 0.3) is 0 Å². The van der Waals surface area contributed by atoms with Gasteiger partial charge in [0.1, 0.15) is 0 Å². The average Bonchev–Trinajstić information content (AvgIpc) is 2.93. The van der Waals surface area contributed by atoms with Gasteiger partial charge in [-0.05, 0) is 37.8 Å². The smallest absolute Gasteiger partial charge is 0.545 e. The number of hydrogen-bond donors (Lipinski definition) is 0. The Hall–Kier alpha value is -0.00857. The van der Waals surface area contributed by atoms with Crippen LogP contribution in [-0.4, -0.2) is 60.8 Å². The normalized spacial score (nSPS) is 11.0. The molecule has 0 radical (unpaired) electrons. The molecule has 4 nitrogen and oxygen atoms in total. The van der Waals surface area contributed by atoms with Crippen molar-refractivity contribution >= 4 is 60.8 Å². The maximum Gasteiger partial charge on any atom is 2.00 e. The first kappa shape index (κ1) is 45.4. The van der Waals surface area contributed by atoms with Gasteiger partial charge in [-0.25, -0.2) is 0 Å². The van der Waals surface area contributed by atoms with Gasteiger partial charge in [-0.3, -0.25) is 0 Å². The molecule has 0 heterocycles. The number of carbonyl (C=O) groups is 2. The van der Waals surface area contributed by atoms with Crippen LogP contribution in [0.15, 0.2) is 24.3 Å². The molecule has 0 bridgehead atoms. The third-order valence-corrected chi connectivity index (χ3v) is 7.46. The zero-order valence-electron chi connectivity index (χ0n) is 27.4. The summed E-state index contributed by atoms with van der Waals surface area (Å²) < 4.78 is 0. The maximum atomic E-state index is 10.1. The molecular formula is C36H66BaO4. The summed E-state index contributed by atoms with van der Waals surface area (Å²) in [7, 11) is 0. The SMILES string of the molecule is CCCCCCCCCCCCCCCC=CC(=O)[O-].CCCCCCCCCCCCCCCC=CC(=O)[O-].[Ba+2]. The van der Waals surface area contributed by atoms with Crippen LogP contribution in [0, 0.1) is 0 Å². The largest absolute Gasteiger partial charge is 2.00 e. The second-order valence-corrected chi connectivity index (χ2v) is 11.5. The molecule has 0 unspecified atom stereocenters. The minimum absolute atomic E-state index is 0. The predicted octanol–water partition coefficient (Wildman–Crippen LogP) is 9.17. The molecular weight excluding hydrogens is 634 g/mol. The van der Waals surface area contributed by atoms with Gasteiger partial charge in [-0.15, -0.1) is 0 Å². The second kappa shape index (κ2) is 42.1. The first-order valence-electron chi connectivity index (χ1n) is 17.3. The summed E-state index contributed by atoms with van der Waals surface area (Å²) in [6.45, 7) is 4.53. The van der Waals surface area contributed by atoms with E-state index in [1.54, 1.807) is 12.2 Å². The molecule has 5 heteroatoms. The molecule has 0 fully saturated rings. The number of hydrogen-bond acceptors (Lipinski definition) is 4. The monoisotopic (exact) mass is 700 g/mol. The quantitative estimate of drug-likeness (QED) is 0.0426. The minimum atomic E-state index is -1.08. The van der Waals surface area contributed by atoms with E-state index in [1.165, 1.54) is 154 Å². The molecule has 0 aromatic rings. The van der Waals surface area contributed by atoms with Crippen LogP contribution in [-0.2, 0) is 9.59 Å². The molecule has 0 aliphatic heterocycles. The Balaban J connectivity index is -0.000000688.